The summed E-state index contributed by atoms with van der Waals surface area (Å²) in [4.78, 5) is 22.0. The van der Waals surface area contributed by atoms with Gasteiger partial charge in [-0.3, -0.25) is 9.59 Å². The third kappa shape index (κ3) is 8.95. The lowest BCUT2D eigenvalue weighted by Crippen LogP contribution is -2.33. The fourth-order valence-electron chi connectivity index (χ4n) is 1.32. The zero-order chi connectivity index (χ0) is 14.0. The maximum absolute atomic E-state index is 11.0. The molecule has 2 atom stereocenters. The largest absolute Gasteiger partial charge is 0.384 e. The van der Waals surface area contributed by atoms with Gasteiger partial charge in [0.1, 0.15) is 12.2 Å². The number of aliphatic hydroxyl groups excluding tert-OH is 2. The van der Waals surface area contributed by atoms with E-state index in [1.807, 2.05) is 0 Å². The number of hydrogen-bond acceptors (Lipinski definition) is 4. The summed E-state index contributed by atoms with van der Waals surface area (Å²) < 4.78 is 0. The van der Waals surface area contributed by atoms with Gasteiger partial charge in [-0.1, -0.05) is 12.8 Å². The normalized spacial score (nSPS) is 13.8. The quantitative estimate of drug-likeness (QED) is 0.422. The van der Waals surface area contributed by atoms with E-state index in [-0.39, 0.29) is 11.8 Å². The molecule has 0 aromatic heterocycles. The van der Waals surface area contributed by atoms with Crippen LogP contribution >= 0.6 is 0 Å². The molecule has 0 bridgehead atoms. The molecule has 2 unspecified atom stereocenters. The second kappa shape index (κ2) is 9.85. The number of hydrogen-bond donors (Lipinski definition) is 4. The fraction of sp³-hybridized carbons (Fsp3) is 0.833. The molecule has 18 heavy (non-hydrogen) atoms. The minimum atomic E-state index is -0.958. The van der Waals surface area contributed by atoms with Crippen LogP contribution in [-0.2, 0) is 9.59 Å². The van der Waals surface area contributed by atoms with Crippen LogP contribution in [0.15, 0.2) is 0 Å². The van der Waals surface area contributed by atoms with Gasteiger partial charge in [-0.25, -0.2) is 0 Å². The molecule has 4 N–H and O–H groups in total. The molecule has 0 heterocycles. The third-order valence-electron chi connectivity index (χ3n) is 2.46. The second-order valence-corrected chi connectivity index (χ2v) is 4.35. The zero-order valence-electron chi connectivity index (χ0n) is 11.1. The Labute approximate surface area is 108 Å². The number of carbonyl (C=O) groups is 2. The van der Waals surface area contributed by atoms with Gasteiger partial charge in [0.25, 0.3) is 0 Å². The maximum atomic E-state index is 11.0. The minimum absolute atomic E-state index is 0.348. The van der Waals surface area contributed by atoms with E-state index in [2.05, 4.69) is 10.6 Å². The summed E-state index contributed by atoms with van der Waals surface area (Å²) in [5, 5.41) is 23.1. The molecule has 0 spiro atoms. The zero-order valence-corrected chi connectivity index (χ0v) is 11.1. The van der Waals surface area contributed by atoms with Crippen LogP contribution in [0.3, 0.4) is 0 Å². The summed E-state index contributed by atoms with van der Waals surface area (Å²) in [6.45, 7) is 3.98. The molecule has 0 aromatic carbocycles. The molecule has 0 radical (unpaired) electrons. The predicted octanol–water partition coefficient (Wildman–Crippen LogP) is -0.459. The first-order valence-corrected chi connectivity index (χ1v) is 6.36. The Balaban J connectivity index is 3.27. The molecular weight excluding hydrogens is 236 g/mol. The number of aliphatic hydroxyl groups is 2. The van der Waals surface area contributed by atoms with Gasteiger partial charge in [0.15, 0.2) is 0 Å². The molecular formula is C12H24N2O4. The number of unbranched alkanes of at least 4 members (excludes halogenated alkanes) is 3. The van der Waals surface area contributed by atoms with Gasteiger partial charge in [0, 0.05) is 13.1 Å². The summed E-state index contributed by atoms with van der Waals surface area (Å²) in [5.41, 5.74) is 0. The van der Waals surface area contributed by atoms with Gasteiger partial charge in [0.05, 0.1) is 0 Å². The van der Waals surface area contributed by atoms with Crippen molar-refractivity contribution in [3.8, 4) is 0 Å². The molecule has 0 fully saturated rings. The topological polar surface area (TPSA) is 98.7 Å². The summed E-state index contributed by atoms with van der Waals surface area (Å²) in [6, 6.07) is 0. The Morgan fingerprint density at radius 3 is 1.44 bits per heavy atom. The van der Waals surface area contributed by atoms with Crippen LogP contribution in [-0.4, -0.2) is 47.3 Å². The van der Waals surface area contributed by atoms with Crippen molar-refractivity contribution in [3.63, 3.8) is 0 Å². The smallest absolute Gasteiger partial charge is 0.248 e. The van der Waals surface area contributed by atoms with Crippen LogP contribution in [0.4, 0.5) is 0 Å². The predicted molar refractivity (Wildman–Crippen MR) is 67.8 cm³/mol. The van der Waals surface area contributed by atoms with Crippen molar-refractivity contribution in [1.29, 1.82) is 0 Å². The summed E-state index contributed by atoms with van der Waals surface area (Å²) in [6.07, 6.45) is 1.68. The van der Waals surface area contributed by atoms with E-state index in [0.29, 0.717) is 13.1 Å². The van der Waals surface area contributed by atoms with Gasteiger partial charge < -0.3 is 20.8 Å². The Morgan fingerprint density at radius 1 is 0.833 bits per heavy atom. The lowest BCUT2D eigenvalue weighted by atomic mass is 10.2. The highest BCUT2D eigenvalue weighted by molar-refractivity contribution is 5.80. The molecule has 2 amide bonds. The first-order chi connectivity index (χ1) is 8.45. The lowest BCUT2D eigenvalue weighted by Gasteiger charge is -2.08. The van der Waals surface area contributed by atoms with Crippen LogP contribution in [0.1, 0.15) is 39.5 Å². The van der Waals surface area contributed by atoms with Crippen LogP contribution < -0.4 is 10.6 Å². The van der Waals surface area contributed by atoms with E-state index in [1.165, 1.54) is 13.8 Å². The molecule has 106 valence electrons. The van der Waals surface area contributed by atoms with Crippen LogP contribution in [0.2, 0.25) is 0 Å². The highest BCUT2D eigenvalue weighted by atomic mass is 16.3. The second-order valence-electron chi connectivity index (χ2n) is 4.35. The third-order valence-corrected chi connectivity index (χ3v) is 2.46. The van der Waals surface area contributed by atoms with E-state index in [9.17, 15) is 9.59 Å². The van der Waals surface area contributed by atoms with Crippen molar-refractivity contribution in [1.82, 2.24) is 10.6 Å². The van der Waals surface area contributed by atoms with Gasteiger partial charge in [0.2, 0.25) is 11.8 Å². The molecule has 0 aromatic rings. The molecule has 0 rings (SSSR count). The molecule has 0 aliphatic carbocycles. The van der Waals surface area contributed by atoms with Gasteiger partial charge in [-0.2, -0.15) is 0 Å². The standard InChI is InChI=1S/C12H24N2O4/c1-9(15)11(17)13-7-5-3-4-6-8-14-12(18)10(2)16/h9-10,15-16H,3-8H2,1-2H3,(H,13,17)(H,14,18). The van der Waals surface area contributed by atoms with Crippen molar-refractivity contribution in [3.05, 3.63) is 0 Å². The number of amides is 2. The van der Waals surface area contributed by atoms with Crippen molar-refractivity contribution < 1.29 is 19.8 Å². The molecule has 6 nitrogen and oxygen atoms in total. The van der Waals surface area contributed by atoms with Gasteiger partial charge >= 0.3 is 0 Å². The summed E-state index contributed by atoms with van der Waals surface area (Å²) in [7, 11) is 0. The molecule has 6 heteroatoms. The van der Waals surface area contributed by atoms with Gasteiger partial charge in [-0.05, 0) is 26.7 Å². The summed E-state index contributed by atoms with van der Waals surface area (Å²) >= 11 is 0. The van der Waals surface area contributed by atoms with Gasteiger partial charge in [-0.15, -0.1) is 0 Å². The van der Waals surface area contributed by atoms with Crippen molar-refractivity contribution in [2.75, 3.05) is 13.1 Å². The Hall–Kier alpha value is -1.14. The number of rotatable bonds is 9. The molecule has 0 saturated carbocycles. The highest BCUT2D eigenvalue weighted by Gasteiger charge is 2.07. The first-order valence-electron chi connectivity index (χ1n) is 6.36. The van der Waals surface area contributed by atoms with E-state index < -0.39 is 12.2 Å². The Bertz CT molecular complexity index is 228. The number of carbonyl (C=O) groups excluding carboxylic acids is 2. The summed E-state index contributed by atoms with van der Waals surface area (Å²) in [5.74, 6) is -0.696. The maximum Gasteiger partial charge on any atom is 0.248 e. The average Bonchev–Trinajstić information content (AvgIpc) is 2.31. The lowest BCUT2D eigenvalue weighted by molar-refractivity contribution is -0.129. The highest BCUT2D eigenvalue weighted by Crippen LogP contribution is 1.98. The fourth-order valence-corrected chi connectivity index (χ4v) is 1.32. The molecule has 0 aliphatic heterocycles. The number of nitrogens with one attached hydrogen (secondary N) is 2. The SMILES string of the molecule is CC(O)C(=O)NCCCCCCNC(=O)C(C)O. The van der Waals surface area contributed by atoms with E-state index in [4.69, 9.17) is 10.2 Å². The van der Waals surface area contributed by atoms with E-state index in [0.717, 1.165) is 25.7 Å². The molecule has 0 aliphatic rings. The van der Waals surface area contributed by atoms with E-state index >= 15 is 0 Å². The Morgan fingerprint density at radius 2 is 1.17 bits per heavy atom. The van der Waals surface area contributed by atoms with Crippen molar-refractivity contribution in [2.45, 2.75) is 51.7 Å². The monoisotopic (exact) mass is 260 g/mol. The first kappa shape index (κ1) is 16.9. The van der Waals surface area contributed by atoms with Crippen LogP contribution in [0.25, 0.3) is 0 Å². The van der Waals surface area contributed by atoms with Crippen molar-refractivity contribution >= 4 is 11.8 Å². The van der Waals surface area contributed by atoms with Crippen LogP contribution in [0, 0.1) is 0 Å². The van der Waals surface area contributed by atoms with E-state index in [1.54, 1.807) is 0 Å². The molecule has 0 saturated heterocycles. The average molecular weight is 260 g/mol. The Kier molecular flexibility index (Phi) is 9.22. The van der Waals surface area contributed by atoms with Crippen LogP contribution in [0.5, 0.6) is 0 Å². The minimum Gasteiger partial charge on any atom is -0.384 e. The van der Waals surface area contributed by atoms with Crippen molar-refractivity contribution in [2.24, 2.45) is 0 Å².